The number of amides is 1. The maximum Gasteiger partial charge on any atom is 0.234 e. The van der Waals surface area contributed by atoms with Crippen LogP contribution in [0.5, 0.6) is 0 Å². The van der Waals surface area contributed by atoms with Crippen molar-refractivity contribution >= 4 is 29.9 Å². The van der Waals surface area contributed by atoms with Gasteiger partial charge >= 0.3 is 0 Å². The fourth-order valence-corrected chi connectivity index (χ4v) is 2.01. The van der Waals surface area contributed by atoms with Crippen LogP contribution in [0.2, 0.25) is 0 Å². The molecule has 16 heavy (non-hydrogen) atoms. The van der Waals surface area contributed by atoms with E-state index in [9.17, 15) is 4.79 Å². The standard InChI is InChI=1S/C12H16N2OS/c15-12(9-16)13-10-3-5-11(6-4-10)14-7-1-2-8-14/h3-6,16H,1-2,7-9H2,(H,13,15). The third-order valence-corrected chi connectivity index (χ3v) is 3.05. The summed E-state index contributed by atoms with van der Waals surface area (Å²) in [5.41, 5.74) is 2.07. The molecular weight excluding hydrogens is 220 g/mol. The average molecular weight is 236 g/mol. The highest BCUT2D eigenvalue weighted by atomic mass is 32.1. The molecule has 0 radical (unpaired) electrons. The molecule has 3 nitrogen and oxygen atoms in total. The second-order valence-electron chi connectivity index (χ2n) is 3.95. The topological polar surface area (TPSA) is 32.3 Å². The van der Waals surface area contributed by atoms with Gasteiger partial charge in [0.25, 0.3) is 0 Å². The molecule has 1 fully saturated rings. The number of carbonyl (C=O) groups is 1. The van der Waals surface area contributed by atoms with Crippen LogP contribution in [0.4, 0.5) is 11.4 Å². The molecule has 86 valence electrons. The van der Waals surface area contributed by atoms with Gasteiger partial charge in [-0.15, -0.1) is 0 Å². The molecule has 0 spiro atoms. The summed E-state index contributed by atoms with van der Waals surface area (Å²) in [4.78, 5) is 13.5. The molecule has 4 heteroatoms. The Balaban J connectivity index is 2.01. The number of hydrogen-bond donors (Lipinski definition) is 2. The number of anilines is 2. The first-order valence-corrected chi connectivity index (χ1v) is 6.18. The highest BCUT2D eigenvalue weighted by molar-refractivity contribution is 7.81. The van der Waals surface area contributed by atoms with Gasteiger partial charge in [-0.25, -0.2) is 0 Å². The Kier molecular flexibility index (Phi) is 3.72. The van der Waals surface area contributed by atoms with E-state index in [4.69, 9.17) is 0 Å². The first kappa shape index (κ1) is 11.3. The van der Waals surface area contributed by atoms with Gasteiger partial charge in [0.2, 0.25) is 5.91 Å². The molecule has 1 saturated heterocycles. The third-order valence-electron chi connectivity index (χ3n) is 2.77. The molecule has 1 N–H and O–H groups in total. The minimum absolute atomic E-state index is 0.0720. The summed E-state index contributed by atoms with van der Waals surface area (Å²) in [6.07, 6.45) is 2.55. The van der Waals surface area contributed by atoms with E-state index in [1.165, 1.54) is 18.5 Å². The summed E-state index contributed by atoms with van der Waals surface area (Å²) in [6, 6.07) is 7.99. The van der Waals surface area contributed by atoms with Gasteiger partial charge < -0.3 is 10.2 Å². The van der Waals surface area contributed by atoms with Crippen molar-refractivity contribution in [2.75, 3.05) is 29.1 Å². The molecule has 0 aliphatic carbocycles. The van der Waals surface area contributed by atoms with Gasteiger partial charge in [0, 0.05) is 24.5 Å². The molecule has 0 bridgehead atoms. The molecule has 1 aromatic rings. The number of nitrogens with zero attached hydrogens (tertiary/aromatic N) is 1. The van der Waals surface area contributed by atoms with Gasteiger partial charge in [-0.2, -0.15) is 12.6 Å². The molecule has 0 saturated carbocycles. The van der Waals surface area contributed by atoms with Gasteiger partial charge in [0.1, 0.15) is 0 Å². The predicted octanol–water partition coefficient (Wildman–Crippen LogP) is 2.16. The van der Waals surface area contributed by atoms with Gasteiger partial charge in [0.05, 0.1) is 5.75 Å². The number of rotatable bonds is 3. The van der Waals surface area contributed by atoms with E-state index < -0.39 is 0 Å². The first-order chi connectivity index (χ1) is 7.79. The number of thiol groups is 1. The van der Waals surface area contributed by atoms with Gasteiger partial charge in [-0.05, 0) is 37.1 Å². The van der Waals surface area contributed by atoms with Crippen LogP contribution >= 0.6 is 12.6 Å². The van der Waals surface area contributed by atoms with Crippen LogP contribution in [0.1, 0.15) is 12.8 Å². The van der Waals surface area contributed by atoms with Crippen LogP contribution in [0.3, 0.4) is 0 Å². The summed E-state index contributed by atoms with van der Waals surface area (Å²) in [7, 11) is 0. The molecule has 1 aliphatic rings. The lowest BCUT2D eigenvalue weighted by atomic mass is 10.2. The van der Waals surface area contributed by atoms with Gasteiger partial charge in [0.15, 0.2) is 0 Å². The monoisotopic (exact) mass is 236 g/mol. The lowest BCUT2D eigenvalue weighted by Crippen LogP contribution is -2.17. The van der Waals surface area contributed by atoms with Gasteiger partial charge in [-0.1, -0.05) is 0 Å². The minimum atomic E-state index is -0.0720. The lowest BCUT2D eigenvalue weighted by Gasteiger charge is -2.17. The van der Waals surface area contributed by atoms with E-state index in [0.717, 1.165) is 18.8 Å². The SMILES string of the molecule is O=C(CS)Nc1ccc(N2CCCC2)cc1. The predicted molar refractivity (Wildman–Crippen MR) is 70.4 cm³/mol. The summed E-state index contributed by atoms with van der Waals surface area (Å²) in [6.45, 7) is 2.28. The largest absolute Gasteiger partial charge is 0.372 e. The molecule has 1 heterocycles. The Morgan fingerprint density at radius 3 is 2.44 bits per heavy atom. The Morgan fingerprint density at radius 1 is 1.25 bits per heavy atom. The van der Waals surface area contributed by atoms with Crippen molar-refractivity contribution in [3.05, 3.63) is 24.3 Å². The number of carbonyl (C=O) groups excluding carboxylic acids is 1. The van der Waals surface area contributed by atoms with Crippen molar-refractivity contribution in [3.63, 3.8) is 0 Å². The lowest BCUT2D eigenvalue weighted by molar-refractivity contribution is -0.113. The van der Waals surface area contributed by atoms with E-state index in [1.807, 2.05) is 12.1 Å². The van der Waals surface area contributed by atoms with Crippen molar-refractivity contribution in [2.45, 2.75) is 12.8 Å². The minimum Gasteiger partial charge on any atom is -0.372 e. The summed E-state index contributed by atoms with van der Waals surface area (Å²) >= 11 is 3.92. The zero-order valence-corrected chi connectivity index (χ0v) is 10.0. The molecule has 2 rings (SSSR count). The second kappa shape index (κ2) is 5.25. The van der Waals surface area contributed by atoms with Crippen molar-refractivity contribution in [1.82, 2.24) is 0 Å². The van der Waals surface area contributed by atoms with Crippen LogP contribution < -0.4 is 10.2 Å². The zero-order valence-electron chi connectivity index (χ0n) is 9.15. The van der Waals surface area contributed by atoms with Gasteiger partial charge in [-0.3, -0.25) is 4.79 Å². The van der Waals surface area contributed by atoms with E-state index in [-0.39, 0.29) is 11.7 Å². The summed E-state index contributed by atoms with van der Waals surface area (Å²) in [5, 5.41) is 2.78. The van der Waals surface area contributed by atoms with Crippen LogP contribution in [0.15, 0.2) is 24.3 Å². The normalized spacial score (nSPS) is 15.2. The summed E-state index contributed by atoms with van der Waals surface area (Å²) in [5.74, 6) is 0.144. The van der Waals surface area contributed by atoms with E-state index in [1.54, 1.807) is 0 Å². The molecule has 1 aliphatic heterocycles. The van der Waals surface area contributed by atoms with Crippen molar-refractivity contribution in [2.24, 2.45) is 0 Å². The Labute approximate surface area is 101 Å². The van der Waals surface area contributed by atoms with E-state index in [2.05, 4.69) is 35.0 Å². The van der Waals surface area contributed by atoms with Crippen LogP contribution in [0, 0.1) is 0 Å². The van der Waals surface area contributed by atoms with Crippen LogP contribution in [-0.4, -0.2) is 24.7 Å². The fraction of sp³-hybridized carbons (Fsp3) is 0.417. The second-order valence-corrected chi connectivity index (χ2v) is 4.26. The number of nitrogens with one attached hydrogen (secondary N) is 1. The Bertz CT molecular complexity index is 358. The first-order valence-electron chi connectivity index (χ1n) is 5.55. The maximum atomic E-state index is 11.1. The van der Waals surface area contributed by atoms with E-state index >= 15 is 0 Å². The van der Waals surface area contributed by atoms with Crippen LogP contribution in [-0.2, 0) is 4.79 Å². The Morgan fingerprint density at radius 2 is 1.88 bits per heavy atom. The fourth-order valence-electron chi connectivity index (χ4n) is 1.93. The molecule has 1 aromatic carbocycles. The zero-order chi connectivity index (χ0) is 11.4. The Hall–Kier alpha value is -1.16. The average Bonchev–Trinajstić information content (AvgIpc) is 2.83. The maximum absolute atomic E-state index is 11.1. The van der Waals surface area contributed by atoms with E-state index in [0.29, 0.717) is 0 Å². The van der Waals surface area contributed by atoms with Crippen molar-refractivity contribution in [3.8, 4) is 0 Å². The molecule has 0 atom stereocenters. The molecular formula is C12H16N2OS. The highest BCUT2D eigenvalue weighted by Crippen LogP contribution is 2.21. The summed E-state index contributed by atoms with van der Waals surface area (Å²) < 4.78 is 0. The molecule has 1 amide bonds. The smallest absolute Gasteiger partial charge is 0.234 e. The quantitative estimate of drug-likeness (QED) is 0.788. The van der Waals surface area contributed by atoms with Crippen molar-refractivity contribution < 1.29 is 4.79 Å². The van der Waals surface area contributed by atoms with Crippen LogP contribution in [0.25, 0.3) is 0 Å². The molecule has 0 unspecified atom stereocenters. The molecule has 0 aromatic heterocycles. The van der Waals surface area contributed by atoms with Crippen molar-refractivity contribution in [1.29, 1.82) is 0 Å². The third kappa shape index (κ3) is 2.70. The number of hydrogen-bond acceptors (Lipinski definition) is 3. The highest BCUT2D eigenvalue weighted by Gasteiger charge is 2.11. The number of benzene rings is 1.